The maximum atomic E-state index is 14.3. The molecule has 0 saturated carbocycles. The molecule has 2 fully saturated rings. The molecule has 0 aromatic rings. The summed E-state index contributed by atoms with van der Waals surface area (Å²) in [4.78, 5) is 13.8. The van der Waals surface area contributed by atoms with Crippen LogP contribution in [-0.4, -0.2) is 47.9 Å². The third-order valence-electron chi connectivity index (χ3n) is 3.80. The lowest BCUT2D eigenvalue weighted by Crippen LogP contribution is -2.58. The fraction of sp³-hybridized carbons (Fsp3) is 0.923. The number of amides is 1. The Balaban J connectivity index is 2.09. The van der Waals surface area contributed by atoms with Gasteiger partial charge in [0, 0.05) is 12.1 Å². The van der Waals surface area contributed by atoms with Crippen LogP contribution in [0.3, 0.4) is 0 Å². The van der Waals surface area contributed by atoms with Crippen LogP contribution in [0.1, 0.15) is 40.0 Å². The van der Waals surface area contributed by atoms with Gasteiger partial charge >= 0.3 is 6.09 Å². The predicted octanol–water partition coefficient (Wildman–Crippen LogP) is 2.08. The zero-order valence-corrected chi connectivity index (χ0v) is 11.6. The molecule has 2 bridgehead atoms. The molecule has 0 aliphatic carbocycles. The maximum Gasteiger partial charge on any atom is 0.410 e. The van der Waals surface area contributed by atoms with Gasteiger partial charge in [-0.2, -0.15) is 0 Å². The summed E-state index contributed by atoms with van der Waals surface area (Å²) >= 11 is 0. The lowest BCUT2D eigenvalue weighted by atomic mass is 9.96. The van der Waals surface area contributed by atoms with Crippen LogP contribution in [0.2, 0.25) is 0 Å². The van der Waals surface area contributed by atoms with Crippen LogP contribution in [0, 0.1) is 0 Å². The van der Waals surface area contributed by atoms with Crippen molar-refractivity contribution in [1.82, 2.24) is 10.2 Å². The highest BCUT2D eigenvalue weighted by atomic mass is 19.1. The topological polar surface area (TPSA) is 41.6 Å². The van der Waals surface area contributed by atoms with Gasteiger partial charge in [0.15, 0.2) is 0 Å². The number of hydrogen-bond donors (Lipinski definition) is 1. The molecule has 2 aliphatic rings. The van der Waals surface area contributed by atoms with E-state index in [9.17, 15) is 9.18 Å². The number of nitrogens with zero attached hydrogens (tertiary/aromatic N) is 1. The summed E-state index contributed by atoms with van der Waals surface area (Å²) < 4.78 is 19.6. The van der Waals surface area contributed by atoms with E-state index in [1.807, 2.05) is 20.8 Å². The van der Waals surface area contributed by atoms with Crippen LogP contribution < -0.4 is 5.32 Å². The Morgan fingerprint density at radius 3 is 2.61 bits per heavy atom. The Morgan fingerprint density at radius 2 is 2.06 bits per heavy atom. The molecule has 0 radical (unpaired) electrons. The number of hydrogen-bond acceptors (Lipinski definition) is 3. The summed E-state index contributed by atoms with van der Waals surface area (Å²) in [5, 5.41) is 3.01. The molecule has 2 saturated heterocycles. The second kappa shape index (κ2) is 4.68. The van der Waals surface area contributed by atoms with E-state index in [0.717, 1.165) is 12.8 Å². The van der Waals surface area contributed by atoms with E-state index in [1.165, 1.54) is 0 Å². The third kappa shape index (κ3) is 2.46. The zero-order chi connectivity index (χ0) is 13.5. The molecule has 2 heterocycles. The van der Waals surface area contributed by atoms with Gasteiger partial charge < -0.3 is 10.1 Å². The predicted molar refractivity (Wildman–Crippen MR) is 67.2 cm³/mol. The van der Waals surface area contributed by atoms with Crippen molar-refractivity contribution in [2.24, 2.45) is 0 Å². The van der Waals surface area contributed by atoms with Crippen LogP contribution in [0.5, 0.6) is 0 Å². The Morgan fingerprint density at radius 1 is 1.39 bits per heavy atom. The fourth-order valence-electron chi connectivity index (χ4n) is 3.02. The molecule has 2 rings (SSSR count). The quantitative estimate of drug-likeness (QED) is 0.783. The zero-order valence-electron chi connectivity index (χ0n) is 11.6. The van der Waals surface area contributed by atoms with Crippen LogP contribution in [0.25, 0.3) is 0 Å². The van der Waals surface area contributed by atoms with Crippen LogP contribution in [-0.2, 0) is 4.74 Å². The number of alkyl halides is 1. The first kappa shape index (κ1) is 13.6. The lowest BCUT2D eigenvalue weighted by molar-refractivity contribution is -0.0126. The van der Waals surface area contributed by atoms with E-state index < -0.39 is 11.8 Å². The van der Waals surface area contributed by atoms with Gasteiger partial charge in [-0.1, -0.05) is 0 Å². The number of rotatable bonds is 1. The molecule has 4 atom stereocenters. The molecule has 5 heteroatoms. The molecular formula is C13H23FN2O2. The van der Waals surface area contributed by atoms with Crippen LogP contribution in [0.4, 0.5) is 9.18 Å². The molecule has 104 valence electrons. The van der Waals surface area contributed by atoms with Gasteiger partial charge in [-0.05, 0) is 47.1 Å². The second-order valence-corrected chi connectivity index (χ2v) is 6.26. The van der Waals surface area contributed by atoms with Gasteiger partial charge in [-0.3, -0.25) is 4.90 Å². The smallest absolute Gasteiger partial charge is 0.410 e. The first-order valence-corrected chi connectivity index (χ1v) is 6.66. The number of halogens is 1. The molecule has 0 aromatic carbocycles. The van der Waals surface area contributed by atoms with Crippen molar-refractivity contribution in [3.63, 3.8) is 0 Å². The Kier molecular flexibility index (Phi) is 3.54. The molecule has 1 N–H and O–H groups in total. The summed E-state index contributed by atoms with van der Waals surface area (Å²) in [6, 6.07) is -0.341. The third-order valence-corrected chi connectivity index (χ3v) is 3.80. The van der Waals surface area contributed by atoms with E-state index >= 15 is 0 Å². The summed E-state index contributed by atoms with van der Waals surface area (Å²) in [6.07, 6.45) is 0.924. The van der Waals surface area contributed by atoms with Gasteiger partial charge in [-0.15, -0.1) is 0 Å². The normalized spacial score (nSPS) is 35.7. The van der Waals surface area contributed by atoms with Gasteiger partial charge in [0.25, 0.3) is 0 Å². The largest absolute Gasteiger partial charge is 0.444 e. The van der Waals surface area contributed by atoms with Gasteiger partial charge in [0.1, 0.15) is 11.8 Å². The molecule has 0 aromatic heterocycles. The molecule has 2 aliphatic heterocycles. The molecule has 1 amide bonds. The lowest BCUT2D eigenvalue weighted by Gasteiger charge is -2.41. The Labute approximate surface area is 108 Å². The van der Waals surface area contributed by atoms with Crippen molar-refractivity contribution in [3.8, 4) is 0 Å². The van der Waals surface area contributed by atoms with E-state index in [2.05, 4.69) is 5.32 Å². The highest BCUT2D eigenvalue weighted by Gasteiger charge is 2.50. The maximum absolute atomic E-state index is 14.3. The average molecular weight is 258 g/mol. The molecule has 4 nitrogen and oxygen atoms in total. The average Bonchev–Trinajstić information content (AvgIpc) is 2.59. The number of piperidine rings is 1. The molecule has 2 unspecified atom stereocenters. The monoisotopic (exact) mass is 258 g/mol. The van der Waals surface area contributed by atoms with E-state index in [1.54, 1.807) is 11.9 Å². The number of nitrogens with one attached hydrogen (secondary N) is 1. The SMILES string of the molecule is CN[C@@H]1CC2CCC([C@@H]1F)N2C(=O)OC(C)(C)C. The molecular weight excluding hydrogens is 235 g/mol. The van der Waals surface area contributed by atoms with Crippen molar-refractivity contribution >= 4 is 6.09 Å². The fourth-order valence-corrected chi connectivity index (χ4v) is 3.02. The Bertz CT molecular complexity index is 329. The number of ether oxygens (including phenoxy) is 1. The van der Waals surface area contributed by atoms with Crippen molar-refractivity contribution in [3.05, 3.63) is 0 Å². The van der Waals surface area contributed by atoms with E-state index in [4.69, 9.17) is 4.74 Å². The summed E-state index contributed by atoms with van der Waals surface area (Å²) in [7, 11) is 1.78. The van der Waals surface area contributed by atoms with Gasteiger partial charge in [-0.25, -0.2) is 9.18 Å². The van der Waals surface area contributed by atoms with Crippen molar-refractivity contribution in [1.29, 1.82) is 0 Å². The number of fused-ring (bicyclic) bond motifs is 2. The van der Waals surface area contributed by atoms with Crippen molar-refractivity contribution < 1.29 is 13.9 Å². The number of carbonyl (C=O) groups excluding carboxylic acids is 1. The van der Waals surface area contributed by atoms with E-state index in [0.29, 0.717) is 6.42 Å². The first-order chi connectivity index (χ1) is 8.33. The van der Waals surface area contributed by atoms with Crippen LogP contribution >= 0.6 is 0 Å². The standard InChI is InChI=1S/C13H23FN2O2/c1-13(2,3)18-12(17)16-8-5-6-10(16)11(14)9(7-8)15-4/h8-11,15H,5-7H2,1-4H3/t8?,9-,10?,11-/m1/s1. The van der Waals surface area contributed by atoms with Crippen molar-refractivity contribution in [2.45, 2.75) is 69.9 Å². The van der Waals surface area contributed by atoms with E-state index in [-0.39, 0.29) is 24.2 Å². The van der Waals surface area contributed by atoms with Gasteiger partial charge in [0.05, 0.1) is 6.04 Å². The summed E-state index contributed by atoms with van der Waals surface area (Å²) in [5.74, 6) is 0. The highest BCUT2D eigenvalue weighted by molar-refractivity contribution is 5.70. The summed E-state index contributed by atoms with van der Waals surface area (Å²) in [6.45, 7) is 5.50. The van der Waals surface area contributed by atoms with Gasteiger partial charge in [0.2, 0.25) is 0 Å². The second-order valence-electron chi connectivity index (χ2n) is 6.26. The summed E-state index contributed by atoms with van der Waals surface area (Å²) in [5.41, 5.74) is -0.526. The minimum absolute atomic E-state index is 0.120. The number of carbonyl (C=O) groups is 1. The highest BCUT2D eigenvalue weighted by Crippen LogP contribution is 2.38. The minimum Gasteiger partial charge on any atom is -0.444 e. The Hall–Kier alpha value is -0.840. The molecule has 0 spiro atoms. The first-order valence-electron chi connectivity index (χ1n) is 6.66. The minimum atomic E-state index is -0.999. The van der Waals surface area contributed by atoms with Crippen molar-refractivity contribution in [2.75, 3.05) is 7.05 Å². The molecule has 18 heavy (non-hydrogen) atoms. The van der Waals surface area contributed by atoms with Crippen LogP contribution in [0.15, 0.2) is 0 Å².